The lowest BCUT2D eigenvalue weighted by atomic mass is 9.96. The maximum atomic E-state index is 12.4. The number of amides is 1. The number of halogens is 1. The molecule has 0 saturated heterocycles. The first-order valence-corrected chi connectivity index (χ1v) is 9.81. The predicted molar refractivity (Wildman–Crippen MR) is 98.0 cm³/mol. The molecule has 1 fully saturated rings. The number of anilines is 1. The second-order valence-corrected chi connectivity index (χ2v) is 8.18. The Balaban J connectivity index is 1.62. The summed E-state index contributed by atoms with van der Waals surface area (Å²) in [6.07, 6.45) is 5.94. The topological polar surface area (TPSA) is 72.7 Å². The van der Waals surface area contributed by atoms with Crippen LogP contribution in [0.2, 0.25) is 0 Å². The third-order valence-corrected chi connectivity index (χ3v) is 5.72. The molecular weight excluding hydrogens is 390 g/mol. The van der Waals surface area contributed by atoms with Gasteiger partial charge in [-0.3, -0.25) is 4.79 Å². The molecule has 1 N–H and O–H groups in total. The van der Waals surface area contributed by atoms with Crippen molar-refractivity contribution in [2.45, 2.75) is 55.5 Å². The van der Waals surface area contributed by atoms with E-state index < -0.39 is 0 Å². The highest BCUT2D eigenvalue weighted by atomic mass is 79.9. The quantitative estimate of drug-likeness (QED) is 0.753. The Hall–Kier alpha value is -1.41. The standard InChI is InChI=1S/C16H20BrN5OS/c1-11(15(23)18-13-9-7-12(17)8-10-13)24-16-19-20-21-22(16)14-5-3-2-4-6-14/h7-11,14H,2-6H2,1H3,(H,18,23). The molecule has 6 nitrogen and oxygen atoms in total. The summed E-state index contributed by atoms with van der Waals surface area (Å²) in [5, 5.41) is 15.4. The average Bonchev–Trinajstić information content (AvgIpc) is 3.05. The first-order valence-electron chi connectivity index (χ1n) is 8.14. The van der Waals surface area contributed by atoms with E-state index in [0.29, 0.717) is 6.04 Å². The number of carbonyl (C=O) groups is 1. The van der Waals surface area contributed by atoms with Crippen molar-refractivity contribution in [1.29, 1.82) is 0 Å². The van der Waals surface area contributed by atoms with Crippen molar-refractivity contribution in [3.05, 3.63) is 28.7 Å². The van der Waals surface area contributed by atoms with Gasteiger partial charge in [0.05, 0.1) is 11.3 Å². The van der Waals surface area contributed by atoms with Crippen LogP contribution < -0.4 is 5.32 Å². The summed E-state index contributed by atoms with van der Waals surface area (Å²) in [7, 11) is 0. The van der Waals surface area contributed by atoms with Gasteiger partial charge < -0.3 is 5.32 Å². The second kappa shape index (κ2) is 8.11. The lowest BCUT2D eigenvalue weighted by Gasteiger charge is -2.22. The highest BCUT2D eigenvalue weighted by Gasteiger charge is 2.23. The highest BCUT2D eigenvalue weighted by molar-refractivity contribution is 9.10. The first kappa shape index (κ1) is 17.4. The van der Waals surface area contributed by atoms with E-state index in [9.17, 15) is 4.79 Å². The molecule has 2 aromatic rings. The van der Waals surface area contributed by atoms with Gasteiger partial charge in [0.2, 0.25) is 11.1 Å². The van der Waals surface area contributed by atoms with E-state index in [4.69, 9.17) is 0 Å². The van der Waals surface area contributed by atoms with Gasteiger partial charge >= 0.3 is 0 Å². The molecule has 0 radical (unpaired) electrons. The SMILES string of the molecule is CC(Sc1nnnn1C1CCCCC1)C(=O)Nc1ccc(Br)cc1. The summed E-state index contributed by atoms with van der Waals surface area (Å²) < 4.78 is 2.88. The number of aromatic nitrogens is 4. The van der Waals surface area contributed by atoms with E-state index in [2.05, 4.69) is 36.8 Å². The van der Waals surface area contributed by atoms with Crippen LogP contribution in [0.25, 0.3) is 0 Å². The second-order valence-electron chi connectivity index (χ2n) is 5.95. The minimum atomic E-state index is -0.276. The normalized spacial score (nSPS) is 16.8. The zero-order chi connectivity index (χ0) is 16.9. The predicted octanol–water partition coefficient (Wildman–Crippen LogP) is 4.06. The molecule has 0 bridgehead atoms. The van der Waals surface area contributed by atoms with Crippen LogP contribution in [0.15, 0.2) is 33.9 Å². The molecule has 0 spiro atoms. The van der Waals surface area contributed by atoms with Crippen molar-refractivity contribution in [2.75, 3.05) is 5.32 Å². The van der Waals surface area contributed by atoms with Gasteiger partial charge in [-0.25, -0.2) is 4.68 Å². The van der Waals surface area contributed by atoms with E-state index in [1.54, 1.807) is 0 Å². The van der Waals surface area contributed by atoms with Crippen LogP contribution in [-0.4, -0.2) is 31.4 Å². The van der Waals surface area contributed by atoms with E-state index in [1.165, 1.54) is 31.0 Å². The van der Waals surface area contributed by atoms with E-state index in [0.717, 1.165) is 28.2 Å². The van der Waals surface area contributed by atoms with Crippen LogP contribution in [0, 0.1) is 0 Å². The molecule has 8 heteroatoms. The molecule has 1 aromatic heterocycles. The summed E-state index contributed by atoms with van der Waals surface area (Å²) in [6.45, 7) is 1.87. The molecule has 1 aliphatic carbocycles. The monoisotopic (exact) mass is 409 g/mol. The number of nitrogens with zero attached hydrogens (tertiary/aromatic N) is 4. The lowest BCUT2D eigenvalue weighted by molar-refractivity contribution is -0.115. The molecule has 1 aliphatic rings. The van der Waals surface area contributed by atoms with E-state index >= 15 is 0 Å². The van der Waals surface area contributed by atoms with Crippen LogP contribution in [0.3, 0.4) is 0 Å². The van der Waals surface area contributed by atoms with Crippen LogP contribution >= 0.6 is 27.7 Å². The van der Waals surface area contributed by atoms with Gasteiger partial charge in [0, 0.05) is 10.2 Å². The summed E-state index contributed by atoms with van der Waals surface area (Å²) in [5.74, 6) is -0.0551. The molecule has 1 heterocycles. The molecule has 1 saturated carbocycles. The van der Waals surface area contributed by atoms with Crippen molar-refractivity contribution in [3.8, 4) is 0 Å². The van der Waals surface area contributed by atoms with Gasteiger partial charge in [-0.2, -0.15) is 0 Å². The molecule has 3 rings (SSSR count). The molecule has 128 valence electrons. The Bertz CT molecular complexity index is 684. The van der Waals surface area contributed by atoms with Crippen molar-refractivity contribution < 1.29 is 4.79 Å². The fourth-order valence-corrected chi connectivity index (χ4v) is 3.93. The van der Waals surface area contributed by atoms with Gasteiger partial charge in [-0.05, 0) is 54.5 Å². The smallest absolute Gasteiger partial charge is 0.237 e. The number of benzene rings is 1. The Morgan fingerprint density at radius 1 is 1.29 bits per heavy atom. The number of hydrogen-bond donors (Lipinski definition) is 1. The van der Waals surface area contributed by atoms with Gasteiger partial charge in [-0.15, -0.1) is 5.10 Å². The van der Waals surface area contributed by atoms with Crippen molar-refractivity contribution >= 4 is 39.3 Å². The Morgan fingerprint density at radius 2 is 2.00 bits per heavy atom. The first-order chi connectivity index (χ1) is 11.6. The van der Waals surface area contributed by atoms with Crippen molar-refractivity contribution in [1.82, 2.24) is 20.2 Å². The van der Waals surface area contributed by atoms with Gasteiger partial charge in [0.25, 0.3) is 0 Å². The number of nitrogens with one attached hydrogen (secondary N) is 1. The van der Waals surface area contributed by atoms with Crippen molar-refractivity contribution in [2.24, 2.45) is 0 Å². The Morgan fingerprint density at radius 3 is 2.71 bits per heavy atom. The number of hydrogen-bond acceptors (Lipinski definition) is 5. The zero-order valence-electron chi connectivity index (χ0n) is 13.5. The Kier molecular flexibility index (Phi) is 5.89. The zero-order valence-corrected chi connectivity index (χ0v) is 15.9. The van der Waals surface area contributed by atoms with Gasteiger partial charge in [0.1, 0.15) is 0 Å². The lowest BCUT2D eigenvalue weighted by Crippen LogP contribution is -2.23. The van der Waals surface area contributed by atoms with Crippen LogP contribution in [-0.2, 0) is 4.79 Å². The van der Waals surface area contributed by atoms with Crippen LogP contribution in [0.4, 0.5) is 5.69 Å². The number of tetrazole rings is 1. The maximum Gasteiger partial charge on any atom is 0.237 e. The van der Waals surface area contributed by atoms with E-state index in [1.807, 2.05) is 35.9 Å². The summed E-state index contributed by atoms with van der Waals surface area (Å²) in [5.41, 5.74) is 0.780. The molecule has 24 heavy (non-hydrogen) atoms. The van der Waals surface area contributed by atoms with Gasteiger partial charge in [-0.1, -0.05) is 47.0 Å². The molecule has 1 atom stereocenters. The van der Waals surface area contributed by atoms with Crippen LogP contribution in [0.1, 0.15) is 45.1 Å². The Labute approximate surface area is 153 Å². The molecule has 1 unspecified atom stereocenters. The minimum Gasteiger partial charge on any atom is -0.325 e. The molecular formula is C16H20BrN5OS. The number of thioether (sulfide) groups is 1. The van der Waals surface area contributed by atoms with Crippen molar-refractivity contribution in [3.63, 3.8) is 0 Å². The fourth-order valence-electron chi connectivity index (χ4n) is 2.81. The largest absolute Gasteiger partial charge is 0.325 e. The average molecular weight is 410 g/mol. The summed E-state index contributed by atoms with van der Waals surface area (Å²) in [6, 6.07) is 7.89. The highest BCUT2D eigenvalue weighted by Crippen LogP contribution is 2.31. The number of carbonyl (C=O) groups excluding carboxylic acids is 1. The van der Waals surface area contributed by atoms with Crippen LogP contribution in [0.5, 0.6) is 0 Å². The van der Waals surface area contributed by atoms with Gasteiger partial charge in [0.15, 0.2) is 0 Å². The minimum absolute atomic E-state index is 0.0551. The molecule has 1 amide bonds. The summed E-state index contributed by atoms with van der Waals surface area (Å²) >= 11 is 4.79. The maximum absolute atomic E-state index is 12.4. The molecule has 0 aliphatic heterocycles. The molecule has 1 aromatic carbocycles. The fraction of sp³-hybridized carbons (Fsp3) is 0.500. The third kappa shape index (κ3) is 4.36. The number of rotatable bonds is 5. The van der Waals surface area contributed by atoms with E-state index in [-0.39, 0.29) is 11.2 Å². The summed E-state index contributed by atoms with van der Waals surface area (Å²) in [4.78, 5) is 12.4. The third-order valence-electron chi connectivity index (χ3n) is 4.15.